The summed E-state index contributed by atoms with van der Waals surface area (Å²) in [7, 11) is -4.00. The Morgan fingerprint density at radius 1 is 0.951 bits per heavy atom. The summed E-state index contributed by atoms with van der Waals surface area (Å²) in [6, 6.07) is 24.8. The highest BCUT2D eigenvalue weighted by Crippen LogP contribution is 2.42. The van der Waals surface area contributed by atoms with Gasteiger partial charge in [0.15, 0.2) is 5.75 Å². The smallest absolute Gasteiger partial charge is 0.374 e. The highest BCUT2D eigenvalue weighted by Gasteiger charge is 2.28. The molecule has 0 spiro atoms. The Labute approximate surface area is 239 Å². The molecule has 6 rings (SSSR count). The SMILES string of the molecule is CCC(=Cc1oc2ccc3ccccc3c2[n+]1CC)C=C1Oc2cc3ccccc3cc2N1CCCCS(=O)(=O)O. The Morgan fingerprint density at radius 3 is 2.41 bits per heavy atom. The Morgan fingerprint density at radius 2 is 1.68 bits per heavy atom. The molecule has 1 aliphatic rings. The summed E-state index contributed by atoms with van der Waals surface area (Å²) >= 11 is 0. The van der Waals surface area contributed by atoms with Crippen molar-refractivity contribution in [1.82, 2.24) is 0 Å². The van der Waals surface area contributed by atoms with E-state index in [1.54, 1.807) is 0 Å². The second-order valence-corrected chi connectivity index (χ2v) is 11.9. The fraction of sp³-hybridized carbons (Fsp3) is 0.242. The molecule has 5 aromatic rings. The molecule has 0 unspecified atom stereocenters. The molecule has 0 aliphatic carbocycles. The number of anilines is 1. The lowest BCUT2D eigenvalue weighted by molar-refractivity contribution is -0.673. The van der Waals surface area contributed by atoms with Crippen LogP contribution in [0, 0.1) is 0 Å². The van der Waals surface area contributed by atoms with Gasteiger partial charge in [0, 0.05) is 12.6 Å². The number of unbranched alkanes of at least 4 members (excludes halogenated alkanes) is 1. The number of benzene rings is 4. The number of ether oxygens (including phenoxy) is 1. The molecular weight excluding hydrogens is 536 g/mol. The molecule has 0 bridgehead atoms. The number of aromatic nitrogens is 1. The van der Waals surface area contributed by atoms with E-state index in [1.165, 1.54) is 5.39 Å². The quantitative estimate of drug-likeness (QED) is 0.114. The zero-order valence-electron chi connectivity index (χ0n) is 23.2. The second kappa shape index (κ2) is 11.0. The maximum absolute atomic E-state index is 11.3. The molecule has 1 N–H and O–H groups in total. The Balaban J connectivity index is 1.39. The van der Waals surface area contributed by atoms with Crippen LogP contribution in [-0.2, 0) is 16.7 Å². The van der Waals surface area contributed by atoms with Crippen LogP contribution in [0.15, 0.2) is 94.7 Å². The lowest BCUT2D eigenvalue weighted by atomic mass is 10.1. The fourth-order valence-electron chi connectivity index (χ4n) is 5.54. The van der Waals surface area contributed by atoms with Crippen LogP contribution >= 0.6 is 0 Å². The first-order chi connectivity index (χ1) is 19.8. The summed E-state index contributed by atoms with van der Waals surface area (Å²) in [4.78, 5) is 2.09. The van der Waals surface area contributed by atoms with Crippen molar-refractivity contribution in [2.75, 3.05) is 17.2 Å². The van der Waals surface area contributed by atoms with Gasteiger partial charge in [-0.3, -0.25) is 4.55 Å². The second-order valence-electron chi connectivity index (χ2n) is 10.3. The average molecular weight is 570 g/mol. The number of nitrogens with zero attached hydrogens (tertiary/aromatic N) is 2. The third-order valence-corrected chi connectivity index (χ3v) is 8.39. The van der Waals surface area contributed by atoms with Crippen molar-refractivity contribution in [3.63, 3.8) is 0 Å². The maximum atomic E-state index is 11.3. The van der Waals surface area contributed by atoms with E-state index in [9.17, 15) is 13.0 Å². The molecule has 1 aromatic heterocycles. The molecule has 8 heteroatoms. The zero-order valence-corrected chi connectivity index (χ0v) is 24.0. The summed E-state index contributed by atoms with van der Waals surface area (Å²) in [6.45, 7) is 5.53. The fourth-order valence-corrected chi connectivity index (χ4v) is 6.11. The minimum atomic E-state index is -4.00. The van der Waals surface area contributed by atoms with Crippen molar-refractivity contribution in [1.29, 1.82) is 0 Å². The summed E-state index contributed by atoms with van der Waals surface area (Å²) in [5, 5.41) is 4.52. The first-order valence-corrected chi connectivity index (χ1v) is 15.6. The monoisotopic (exact) mass is 569 g/mol. The molecular formula is C33H33N2O5S+. The first kappa shape index (κ1) is 27.1. The number of hydrogen-bond acceptors (Lipinski definition) is 5. The van der Waals surface area contributed by atoms with Gasteiger partial charge in [-0.05, 0) is 72.2 Å². The minimum absolute atomic E-state index is 0.261. The number of oxazole rings is 1. The van der Waals surface area contributed by atoms with Gasteiger partial charge in [-0.2, -0.15) is 13.0 Å². The molecule has 0 saturated carbocycles. The molecule has 0 fully saturated rings. The highest BCUT2D eigenvalue weighted by atomic mass is 32.2. The van der Waals surface area contributed by atoms with Crippen LogP contribution in [0.2, 0.25) is 0 Å². The van der Waals surface area contributed by atoms with Crippen molar-refractivity contribution >= 4 is 54.5 Å². The van der Waals surface area contributed by atoms with Crippen LogP contribution in [0.3, 0.4) is 0 Å². The van der Waals surface area contributed by atoms with Crippen LogP contribution in [0.25, 0.3) is 38.7 Å². The Kier molecular flexibility index (Phi) is 7.28. The lowest BCUT2D eigenvalue weighted by Crippen LogP contribution is -2.34. The first-order valence-electron chi connectivity index (χ1n) is 14.0. The number of aryl methyl sites for hydroxylation is 1. The van der Waals surface area contributed by atoms with E-state index in [0.717, 1.165) is 63.1 Å². The molecule has 0 amide bonds. The van der Waals surface area contributed by atoms with Gasteiger partial charge in [0.25, 0.3) is 15.6 Å². The third kappa shape index (κ3) is 5.45. The molecule has 0 atom stereocenters. The topological polar surface area (TPSA) is 83.9 Å². The highest BCUT2D eigenvalue weighted by molar-refractivity contribution is 7.85. The van der Waals surface area contributed by atoms with Gasteiger partial charge >= 0.3 is 5.89 Å². The predicted octanol–water partition coefficient (Wildman–Crippen LogP) is 7.25. The number of fused-ring (bicyclic) bond motifs is 5. The molecule has 0 saturated heterocycles. The third-order valence-electron chi connectivity index (χ3n) is 7.59. The standard InChI is InChI=1S/C33H32N2O5S/c1-3-23(19-31-34(4-2)33-27-14-8-7-11-24(27)15-16-29(33)39-31)20-32-35(17-9-10-18-41(36,37)38)28-21-25-12-5-6-13-26(25)22-30(28)40-32/h5-8,11-16,19-22H,3-4,9-10,17-18H2,1-2H3/p+1. The van der Waals surface area contributed by atoms with Gasteiger partial charge < -0.3 is 14.1 Å². The van der Waals surface area contributed by atoms with Crippen molar-refractivity contribution < 1.29 is 26.7 Å². The molecule has 210 valence electrons. The van der Waals surface area contributed by atoms with Gasteiger partial charge in [-0.1, -0.05) is 55.5 Å². The van der Waals surface area contributed by atoms with Gasteiger partial charge in [0.05, 0.1) is 22.9 Å². The largest absolute Gasteiger partial charge is 0.439 e. The number of hydrogen-bond donors (Lipinski definition) is 1. The van der Waals surface area contributed by atoms with Crippen LogP contribution in [0.1, 0.15) is 39.0 Å². The van der Waals surface area contributed by atoms with Crippen LogP contribution < -0.4 is 14.2 Å². The molecule has 2 heterocycles. The van der Waals surface area contributed by atoms with Crippen LogP contribution in [-0.4, -0.2) is 25.3 Å². The summed E-state index contributed by atoms with van der Waals surface area (Å²) in [6.07, 6.45) is 5.79. The van der Waals surface area contributed by atoms with Gasteiger partial charge in [0.2, 0.25) is 11.5 Å². The van der Waals surface area contributed by atoms with Gasteiger partial charge in [-0.15, -0.1) is 0 Å². The lowest BCUT2D eigenvalue weighted by Gasteiger charge is -2.19. The van der Waals surface area contributed by atoms with Gasteiger partial charge in [-0.25, -0.2) is 0 Å². The van der Waals surface area contributed by atoms with E-state index in [-0.39, 0.29) is 5.75 Å². The van der Waals surface area contributed by atoms with E-state index in [0.29, 0.717) is 25.3 Å². The van der Waals surface area contributed by atoms with Crippen LogP contribution in [0.4, 0.5) is 5.69 Å². The zero-order chi connectivity index (χ0) is 28.6. The van der Waals surface area contributed by atoms with E-state index in [2.05, 4.69) is 71.9 Å². The van der Waals surface area contributed by atoms with Crippen molar-refractivity contribution in [2.45, 2.75) is 39.7 Å². The van der Waals surface area contributed by atoms with E-state index in [1.807, 2.05) is 36.4 Å². The summed E-state index contributed by atoms with van der Waals surface area (Å²) in [5.41, 5.74) is 3.90. The van der Waals surface area contributed by atoms with Crippen molar-refractivity contribution in [2.24, 2.45) is 0 Å². The Bertz CT molecular complexity index is 1940. The minimum Gasteiger partial charge on any atom is -0.439 e. The predicted molar refractivity (Wildman–Crippen MR) is 164 cm³/mol. The van der Waals surface area contributed by atoms with Crippen molar-refractivity contribution in [3.8, 4) is 5.75 Å². The van der Waals surface area contributed by atoms with Gasteiger partial charge in [0.1, 0.15) is 6.54 Å². The maximum Gasteiger partial charge on any atom is 0.374 e. The molecule has 0 radical (unpaired) electrons. The van der Waals surface area contributed by atoms with E-state index >= 15 is 0 Å². The summed E-state index contributed by atoms with van der Waals surface area (Å²) in [5.74, 6) is 1.95. The van der Waals surface area contributed by atoms with E-state index < -0.39 is 10.1 Å². The number of allylic oxidation sites excluding steroid dienone is 2. The normalized spacial score (nSPS) is 14.9. The van der Waals surface area contributed by atoms with Crippen LogP contribution in [0.5, 0.6) is 5.75 Å². The summed E-state index contributed by atoms with van der Waals surface area (Å²) < 4.78 is 46.7. The van der Waals surface area contributed by atoms with E-state index in [4.69, 9.17) is 9.15 Å². The molecule has 41 heavy (non-hydrogen) atoms. The number of rotatable bonds is 9. The average Bonchev–Trinajstić information content (AvgIpc) is 3.49. The Hall–Kier alpha value is -4.14. The molecule has 4 aromatic carbocycles. The molecule has 7 nitrogen and oxygen atoms in total. The molecule has 1 aliphatic heterocycles. The van der Waals surface area contributed by atoms with Crippen molar-refractivity contribution in [3.05, 3.63) is 96.2 Å².